The highest BCUT2D eigenvalue weighted by molar-refractivity contribution is 6.34. The lowest BCUT2D eigenvalue weighted by Gasteiger charge is -2.39. The van der Waals surface area contributed by atoms with Crippen LogP contribution in [0, 0.1) is 5.92 Å². The van der Waals surface area contributed by atoms with E-state index < -0.39 is 0 Å². The number of nitrogens with zero attached hydrogens (tertiary/aromatic N) is 5. The quantitative estimate of drug-likeness (QED) is 0.336. The number of aromatic hydroxyl groups is 1. The molecule has 2 saturated heterocycles. The van der Waals surface area contributed by atoms with Gasteiger partial charge in [0.05, 0.1) is 16.1 Å². The molecule has 6 rings (SSSR count). The molecule has 0 unspecified atom stereocenters. The van der Waals surface area contributed by atoms with E-state index in [4.69, 9.17) is 16.6 Å². The van der Waals surface area contributed by atoms with Gasteiger partial charge < -0.3 is 24.4 Å². The lowest BCUT2D eigenvalue weighted by molar-refractivity contribution is -0.132. The Bertz CT molecular complexity index is 1730. The molecule has 1 N–H and O–H groups in total. The molecule has 212 valence electrons. The first-order chi connectivity index (χ1) is 19.7. The molecule has 0 bridgehead atoms. The lowest BCUT2D eigenvalue weighted by Crippen LogP contribution is -2.52. The molecular weight excluding hydrogens is 538 g/mol. The number of halogens is 1. The van der Waals surface area contributed by atoms with E-state index in [-0.39, 0.29) is 23.1 Å². The van der Waals surface area contributed by atoms with Crippen LogP contribution in [-0.4, -0.2) is 76.7 Å². The molecule has 0 spiro atoms. The van der Waals surface area contributed by atoms with Crippen LogP contribution in [0.1, 0.15) is 12.8 Å². The molecule has 2 aliphatic heterocycles. The van der Waals surface area contributed by atoms with Gasteiger partial charge in [-0.05, 0) is 73.6 Å². The van der Waals surface area contributed by atoms with Gasteiger partial charge in [0, 0.05) is 50.2 Å². The van der Waals surface area contributed by atoms with E-state index >= 15 is 0 Å². The first-order valence-electron chi connectivity index (χ1n) is 14.0. The van der Waals surface area contributed by atoms with Crippen molar-refractivity contribution < 1.29 is 9.90 Å². The van der Waals surface area contributed by atoms with Crippen LogP contribution in [0.2, 0.25) is 5.02 Å². The fraction of sp³-hybridized carbons (Fsp3) is 0.344. The van der Waals surface area contributed by atoms with Crippen molar-refractivity contribution in [2.45, 2.75) is 25.4 Å². The smallest absolute Gasteiger partial charge is 0.294 e. The monoisotopic (exact) mass is 571 g/mol. The number of phenolic OH excluding ortho intramolecular Hbond substituents is 1. The number of anilines is 1. The lowest BCUT2D eigenvalue weighted by atomic mass is 9.97. The van der Waals surface area contributed by atoms with Crippen molar-refractivity contribution in [1.82, 2.24) is 19.4 Å². The van der Waals surface area contributed by atoms with Gasteiger partial charge in [0.25, 0.3) is 5.56 Å². The Morgan fingerprint density at radius 2 is 1.93 bits per heavy atom. The number of amides is 1. The number of likely N-dealkylation sites (tertiary alicyclic amines) is 1. The third-order valence-electron chi connectivity index (χ3n) is 8.47. The Labute approximate surface area is 244 Å². The number of likely N-dealkylation sites (N-methyl/N-ethyl adjacent to an activating group) is 1. The second-order valence-electron chi connectivity index (χ2n) is 11.4. The zero-order chi connectivity index (χ0) is 28.8. The third-order valence-corrected chi connectivity index (χ3v) is 8.78. The number of hydrogen-bond donors (Lipinski definition) is 1. The fourth-order valence-electron chi connectivity index (χ4n) is 6.18. The molecule has 0 aliphatic carbocycles. The molecule has 41 heavy (non-hydrogen) atoms. The van der Waals surface area contributed by atoms with Gasteiger partial charge in [0.1, 0.15) is 5.75 Å². The number of fused-ring (bicyclic) bond motifs is 2. The van der Waals surface area contributed by atoms with Crippen molar-refractivity contribution in [1.29, 1.82) is 0 Å². The first kappa shape index (κ1) is 27.3. The molecule has 1 aromatic heterocycles. The molecule has 3 aromatic carbocycles. The molecule has 4 aromatic rings. The van der Waals surface area contributed by atoms with Crippen molar-refractivity contribution in [3.8, 4) is 16.9 Å². The summed E-state index contributed by atoms with van der Waals surface area (Å²) in [6, 6.07) is 15.4. The van der Waals surface area contributed by atoms with Crippen LogP contribution in [0.25, 0.3) is 32.9 Å². The number of carbonyl (C=O) groups excluding carboxylic acids is 1. The molecule has 1 amide bonds. The van der Waals surface area contributed by atoms with E-state index in [1.807, 2.05) is 36.4 Å². The number of hydrogen-bond acceptors (Lipinski definition) is 6. The van der Waals surface area contributed by atoms with Crippen molar-refractivity contribution in [2.24, 2.45) is 5.92 Å². The second-order valence-corrected chi connectivity index (χ2v) is 11.8. The van der Waals surface area contributed by atoms with E-state index in [0.717, 1.165) is 47.8 Å². The van der Waals surface area contributed by atoms with Crippen LogP contribution in [0.4, 0.5) is 5.82 Å². The third kappa shape index (κ3) is 5.06. The summed E-state index contributed by atoms with van der Waals surface area (Å²) in [6.45, 7) is 6.68. The molecule has 8 nitrogen and oxygen atoms in total. The molecule has 2 fully saturated rings. The molecule has 9 heteroatoms. The van der Waals surface area contributed by atoms with E-state index in [0.29, 0.717) is 47.6 Å². The summed E-state index contributed by atoms with van der Waals surface area (Å²) in [6.07, 6.45) is 3.38. The van der Waals surface area contributed by atoms with E-state index in [1.54, 1.807) is 21.6 Å². The number of carbonyl (C=O) groups is 1. The largest absolute Gasteiger partial charge is 0.508 e. The molecule has 1 atom stereocenters. The van der Waals surface area contributed by atoms with Crippen molar-refractivity contribution in [2.75, 3.05) is 45.2 Å². The fourth-order valence-corrected chi connectivity index (χ4v) is 6.44. The molecule has 0 radical (unpaired) electrons. The van der Waals surface area contributed by atoms with Gasteiger partial charge in [0.2, 0.25) is 5.91 Å². The minimum Gasteiger partial charge on any atom is -0.508 e. The highest BCUT2D eigenvalue weighted by Crippen LogP contribution is 2.38. The van der Waals surface area contributed by atoms with Gasteiger partial charge in [-0.3, -0.25) is 9.59 Å². The van der Waals surface area contributed by atoms with Crippen LogP contribution in [0.15, 0.2) is 66.0 Å². The van der Waals surface area contributed by atoms with Crippen molar-refractivity contribution in [3.05, 3.63) is 76.6 Å². The first-order valence-corrected chi connectivity index (χ1v) is 14.4. The van der Waals surface area contributed by atoms with Crippen LogP contribution < -0.4 is 10.5 Å². The van der Waals surface area contributed by atoms with Gasteiger partial charge in [-0.1, -0.05) is 42.4 Å². The summed E-state index contributed by atoms with van der Waals surface area (Å²) >= 11 is 6.92. The highest BCUT2D eigenvalue weighted by Gasteiger charge is 2.32. The molecule has 0 saturated carbocycles. The molecular formula is C32H34ClN5O3. The maximum Gasteiger partial charge on any atom is 0.294 e. The average molecular weight is 572 g/mol. The summed E-state index contributed by atoms with van der Waals surface area (Å²) in [5, 5.41) is 12.8. The zero-order valence-corrected chi connectivity index (χ0v) is 24.1. The van der Waals surface area contributed by atoms with Crippen molar-refractivity contribution >= 4 is 45.1 Å². The van der Waals surface area contributed by atoms with Gasteiger partial charge in [-0.2, -0.15) is 0 Å². The van der Waals surface area contributed by atoms with Crippen LogP contribution in [0.3, 0.4) is 0 Å². The highest BCUT2D eigenvalue weighted by atomic mass is 35.5. The van der Waals surface area contributed by atoms with Gasteiger partial charge in [0.15, 0.2) is 5.82 Å². The maximum absolute atomic E-state index is 14.1. The standard InChI is InChI=1S/C32H34ClN5O3/c1-4-30(40)37-16-20(17-37)18-38-29-15-27(33)26(25-13-23(39)12-21-8-5-6-10-24(21)25)14-28(29)34-31(32(38)41)36-11-7-9-22(19-36)35(2)3/h4-6,8,10,12-15,20,22,39H,1,7,9,11,16-19H2,2-3H3/t22-/m0/s1. The predicted octanol–water partition coefficient (Wildman–Crippen LogP) is 4.75. The normalized spacial score (nSPS) is 17.8. The Balaban J connectivity index is 1.49. The molecule has 2 aliphatic rings. The number of rotatable bonds is 6. The molecule has 3 heterocycles. The summed E-state index contributed by atoms with van der Waals surface area (Å²) in [4.78, 5) is 37.1. The van der Waals surface area contributed by atoms with E-state index in [9.17, 15) is 14.7 Å². The van der Waals surface area contributed by atoms with Crippen LogP contribution in [0.5, 0.6) is 5.75 Å². The Morgan fingerprint density at radius 3 is 2.68 bits per heavy atom. The average Bonchev–Trinajstić information content (AvgIpc) is 2.94. The number of phenols is 1. The minimum absolute atomic E-state index is 0.0945. The summed E-state index contributed by atoms with van der Waals surface area (Å²) in [5.74, 6) is 0.638. The Hall–Kier alpha value is -3.88. The van der Waals surface area contributed by atoms with Gasteiger partial charge in [-0.15, -0.1) is 0 Å². The minimum atomic E-state index is -0.142. The van der Waals surface area contributed by atoms with Crippen LogP contribution >= 0.6 is 11.6 Å². The Morgan fingerprint density at radius 1 is 1.15 bits per heavy atom. The summed E-state index contributed by atoms with van der Waals surface area (Å²) in [5.41, 5.74) is 2.73. The van der Waals surface area contributed by atoms with E-state index in [2.05, 4.69) is 30.5 Å². The maximum atomic E-state index is 14.1. The second kappa shape index (κ2) is 10.8. The van der Waals surface area contributed by atoms with Gasteiger partial charge in [-0.25, -0.2) is 4.98 Å². The van der Waals surface area contributed by atoms with Crippen LogP contribution in [-0.2, 0) is 11.3 Å². The SMILES string of the molecule is C=CC(=O)N1CC(Cn2c(=O)c(N3CCC[C@H](N(C)C)C3)nc3cc(-c4cc(O)cc5ccccc45)c(Cl)cc32)C1. The number of benzene rings is 3. The Kier molecular flexibility index (Phi) is 7.21. The van der Waals surface area contributed by atoms with Gasteiger partial charge >= 0.3 is 0 Å². The topological polar surface area (TPSA) is 81.9 Å². The summed E-state index contributed by atoms with van der Waals surface area (Å²) < 4.78 is 1.79. The predicted molar refractivity (Wildman–Crippen MR) is 165 cm³/mol. The zero-order valence-electron chi connectivity index (χ0n) is 23.4. The van der Waals surface area contributed by atoms with Crippen molar-refractivity contribution in [3.63, 3.8) is 0 Å². The summed E-state index contributed by atoms with van der Waals surface area (Å²) in [7, 11) is 4.14. The number of aromatic nitrogens is 2. The number of piperidine rings is 1. The van der Waals surface area contributed by atoms with E-state index in [1.165, 1.54) is 6.08 Å².